The van der Waals surface area contributed by atoms with Gasteiger partial charge >= 0.3 is 0 Å². The van der Waals surface area contributed by atoms with Crippen molar-refractivity contribution in [3.63, 3.8) is 0 Å². The highest BCUT2D eigenvalue weighted by molar-refractivity contribution is 9.10. The number of nitrogens with zero attached hydrogens (tertiary/aromatic N) is 1. The maximum Gasteiger partial charge on any atom is 0.244 e. The summed E-state index contributed by atoms with van der Waals surface area (Å²) in [6.45, 7) is 4.18. The molecule has 0 saturated heterocycles. The average Bonchev–Trinajstić information content (AvgIpc) is 2.66. The van der Waals surface area contributed by atoms with E-state index in [0.717, 1.165) is 15.6 Å². The minimum atomic E-state index is -3.52. The zero-order valence-corrected chi connectivity index (χ0v) is 15.6. The molecule has 6 heteroatoms. The van der Waals surface area contributed by atoms with E-state index in [4.69, 9.17) is 4.74 Å². The van der Waals surface area contributed by atoms with E-state index in [-0.39, 0.29) is 0 Å². The lowest BCUT2D eigenvalue weighted by atomic mass is 9.93. The second-order valence-electron chi connectivity index (χ2n) is 6.06. The Morgan fingerprint density at radius 1 is 1.13 bits per heavy atom. The van der Waals surface area contributed by atoms with Crippen LogP contribution in [0.4, 0.5) is 0 Å². The van der Waals surface area contributed by atoms with Gasteiger partial charge in [0.15, 0.2) is 0 Å². The zero-order chi connectivity index (χ0) is 16.8. The maximum atomic E-state index is 12.9. The smallest absolute Gasteiger partial charge is 0.244 e. The van der Waals surface area contributed by atoms with Crippen molar-refractivity contribution in [2.75, 3.05) is 7.11 Å². The first-order valence-corrected chi connectivity index (χ1v) is 9.46. The average molecular weight is 396 g/mol. The van der Waals surface area contributed by atoms with Gasteiger partial charge in [0.05, 0.1) is 17.5 Å². The summed E-state index contributed by atoms with van der Waals surface area (Å²) in [4.78, 5) is 0.361. The number of methoxy groups -OCH3 is 1. The molecule has 2 aromatic carbocycles. The van der Waals surface area contributed by atoms with Gasteiger partial charge in [-0.1, -0.05) is 28.1 Å². The van der Waals surface area contributed by atoms with Crippen LogP contribution in [-0.2, 0) is 22.1 Å². The Morgan fingerprint density at radius 2 is 1.78 bits per heavy atom. The van der Waals surface area contributed by atoms with Gasteiger partial charge in [-0.15, -0.1) is 0 Å². The SMILES string of the molecule is COc1ccc2c(c1)C(C)(C)N(Cc1ccc(Br)cc1)S2(=O)=O. The molecule has 0 amide bonds. The molecule has 0 atom stereocenters. The van der Waals surface area contributed by atoms with Gasteiger partial charge in [-0.3, -0.25) is 0 Å². The normalized spacial score (nSPS) is 18.6. The van der Waals surface area contributed by atoms with Crippen molar-refractivity contribution < 1.29 is 13.2 Å². The number of benzene rings is 2. The first-order valence-electron chi connectivity index (χ1n) is 7.22. The number of rotatable bonds is 3. The van der Waals surface area contributed by atoms with Gasteiger partial charge in [-0.25, -0.2) is 8.42 Å². The van der Waals surface area contributed by atoms with Gasteiger partial charge in [-0.2, -0.15) is 4.31 Å². The van der Waals surface area contributed by atoms with Crippen LogP contribution >= 0.6 is 15.9 Å². The lowest BCUT2D eigenvalue weighted by Gasteiger charge is -2.30. The largest absolute Gasteiger partial charge is 0.497 e. The highest BCUT2D eigenvalue weighted by atomic mass is 79.9. The third kappa shape index (κ3) is 2.69. The van der Waals surface area contributed by atoms with E-state index >= 15 is 0 Å². The highest BCUT2D eigenvalue weighted by Crippen LogP contribution is 2.45. The van der Waals surface area contributed by atoms with E-state index in [1.54, 1.807) is 23.5 Å². The molecule has 0 radical (unpaired) electrons. The summed E-state index contributed by atoms with van der Waals surface area (Å²) in [6, 6.07) is 12.8. The molecule has 3 rings (SSSR count). The van der Waals surface area contributed by atoms with Crippen molar-refractivity contribution in [1.82, 2.24) is 4.31 Å². The van der Waals surface area contributed by atoms with Crippen molar-refractivity contribution in [1.29, 1.82) is 0 Å². The molecule has 1 heterocycles. The Kier molecular flexibility index (Phi) is 4.02. The number of ether oxygens (including phenoxy) is 1. The van der Waals surface area contributed by atoms with Gasteiger partial charge in [0, 0.05) is 11.0 Å². The molecule has 0 aromatic heterocycles. The minimum Gasteiger partial charge on any atom is -0.497 e. The maximum absolute atomic E-state index is 12.9. The summed E-state index contributed by atoms with van der Waals surface area (Å²) in [5.74, 6) is 0.664. The van der Waals surface area contributed by atoms with Crippen LogP contribution in [0.5, 0.6) is 5.75 Å². The first kappa shape index (κ1) is 16.5. The standard InChI is InChI=1S/C17H18BrNO3S/c1-17(2)15-10-14(22-3)8-9-16(15)23(20,21)19(17)11-12-4-6-13(18)7-5-12/h4-10H,11H2,1-3H3. The molecular formula is C17H18BrNO3S. The summed E-state index contributed by atoms with van der Waals surface area (Å²) >= 11 is 3.40. The van der Waals surface area contributed by atoms with Gasteiger partial charge < -0.3 is 4.74 Å². The van der Waals surface area contributed by atoms with Crippen LogP contribution in [0.2, 0.25) is 0 Å². The molecule has 0 spiro atoms. The summed E-state index contributed by atoms with van der Waals surface area (Å²) < 4.78 is 33.7. The number of fused-ring (bicyclic) bond motifs is 1. The number of hydrogen-bond donors (Lipinski definition) is 0. The van der Waals surface area contributed by atoms with Gasteiger partial charge in [0.25, 0.3) is 0 Å². The first-order chi connectivity index (χ1) is 10.8. The van der Waals surface area contributed by atoms with E-state index < -0.39 is 15.6 Å². The summed E-state index contributed by atoms with van der Waals surface area (Å²) in [5.41, 5.74) is 1.09. The second-order valence-corrected chi connectivity index (χ2v) is 8.81. The van der Waals surface area contributed by atoms with E-state index in [0.29, 0.717) is 17.2 Å². The number of hydrogen-bond acceptors (Lipinski definition) is 3. The molecule has 0 fully saturated rings. The summed E-state index contributed by atoms with van der Waals surface area (Å²) in [6.07, 6.45) is 0. The predicted molar refractivity (Wildman–Crippen MR) is 92.9 cm³/mol. The number of halogens is 1. The molecule has 0 bridgehead atoms. The van der Waals surface area contributed by atoms with Crippen molar-refractivity contribution in [3.8, 4) is 5.75 Å². The lowest BCUT2D eigenvalue weighted by molar-refractivity contribution is 0.236. The highest BCUT2D eigenvalue weighted by Gasteiger charge is 2.48. The van der Waals surface area contributed by atoms with Crippen LogP contribution in [0.15, 0.2) is 51.8 Å². The molecule has 122 valence electrons. The predicted octanol–water partition coefficient (Wildman–Crippen LogP) is 3.90. The zero-order valence-electron chi connectivity index (χ0n) is 13.2. The molecular weight excluding hydrogens is 378 g/mol. The molecule has 0 unspecified atom stereocenters. The molecule has 1 aliphatic heterocycles. The van der Waals surface area contributed by atoms with Crippen LogP contribution in [0, 0.1) is 0 Å². The van der Waals surface area contributed by atoms with Crippen molar-refractivity contribution in [2.45, 2.75) is 30.8 Å². The van der Waals surface area contributed by atoms with Crippen molar-refractivity contribution >= 4 is 26.0 Å². The fraction of sp³-hybridized carbons (Fsp3) is 0.294. The fourth-order valence-corrected chi connectivity index (χ4v) is 5.28. The minimum absolute atomic E-state index is 0.333. The third-order valence-electron chi connectivity index (χ3n) is 4.28. The molecule has 0 saturated carbocycles. The Morgan fingerprint density at radius 3 is 2.39 bits per heavy atom. The van der Waals surface area contributed by atoms with Gasteiger partial charge in [0.2, 0.25) is 10.0 Å². The van der Waals surface area contributed by atoms with Crippen molar-refractivity contribution in [2.24, 2.45) is 0 Å². The fourth-order valence-electron chi connectivity index (χ4n) is 2.93. The molecule has 23 heavy (non-hydrogen) atoms. The van der Waals surface area contributed by atoms with Gasteiger partial charge in [0.1, 0.15) is 5.75 Å². The van der Waals surface area contributed by atoms with Crippen LogP contribution < -0.4 is 4.74 Å². The molecule has 0 aliphatic carbocycles. The monoisotopic (exact) mass is 395 g/mol. The van der Waals surface area contributed by atoms with E-state index in [2.05, 4.69) is 15.9 Å². The van der Waals surface area contributed by atoms with Crippen LogP contribution in [0.25, 0.3) is 0 Å². The molecule has 1 aliphatic rings. The van der Waals surface area contributed by atoms with Crippen LogP contribution in [-0.4, -0.2) is 19.8 Å². The Balaban J connectivity index is 2.06. The van der Waals surface area contributed by atoms with E-state index in [1.165, 1.54) is 0 Å². The van der Waals surface area contributed by atoms with E-state index in [1.807, 2.05) is 44.2 Å². The molecule has 2 aromatic rings. The second kappa shape index (κ2) is 5.61. The van der Waals surface area contributed by atoms with Crippen LogP contribution in [0.3, 0.4) is 0 Å². The molecule has 4 nitrogen and oxygen atoms in total. The van der Waals surface area contributed by atoms with Gasteiger partial charge in [-0.05, 0) is 55.3 Å². The lowest BCUT2D eigenvalue weighted by Crippen LogP contribution is -2.38. The number of sulfonamides is 1. The van der Waals surface area contributed by atoms with E-state index in [9.17, 15) is 8.42 Å². The van der Waals surface area contributed by atoms with Crippen LogP contribution in [0.1, 0.15) is 25.0 Å². The third-order valence-corrected chi connectivity index (χ3v) is 6.88. The Hall–Kier alpha value is -1.37. The molecule has 0 N–H and O–H groups in total. The summed E-state index contributed by atoms with van der Waals surface area (Å²) in [7, 11) is -1.94. The Labute approximate surface area is 145 Å². The summed E-state index contributed by atoms with van der Waals surface area (Å²) in [5, 5.41) is 0. The topological polar surface area (TPSA) is 46.6 Å². The quantitative estimate of drug-likeness (QED) is 0.791. The van der Waals surface area contributed by atoms with Crippen molar-refractivity contribution in [3.05, 3.63) is 58.1 Å². The Bertz CT molecular complexity index is 845.